The smallest absolute Gasteiger partial charge is 0.338 e. The highest BCUT2D eigenvalue weighted by Crippen LogP contribution is 2.33. The van der Waals surface area contributed by atoms with Gasteiger partial charge in [0.25, 0.3) is 0 Å². The van der Waals surface area contributed by atoms with Crippen molar-refractivity contribution in [2.24, 2.45) is 5.41 Å². The molecule has 1 aromatic rings. The third-order valence-electron chi connectivity index (χ3n) is 4.19. The number of hydrogen-bond acceptors (Lipinski definition) is 3. The van der Waals surface area contributed by atoms with Gasteiger partial charge in [-0.2, -0.15) is 0 Å². The lowest BCUT2D eigenvalue weighted by Gasteiger charge is -2.27. The van der Waals surface area contributed by atoms with Gasteiger partial charge in [-0.05, 0) is 37.9 Å². The van der Waals surface area contributed by atoms with Crippen LogP contribution in [0.2, 0.25) is 0 Å². The summed E-state index contributed by atoms with van der Waals surface area (Å²) < 4.78 is 0. The van der Waals surface area contributed by atoms with E-state index in [9.17, 15) is 14.7 Å². The van der Waals surface area contributed by atoms with Gasteiger partial charge in [0.05, 0.1) is 16.7 Å². The van der Waals surface area contributed by atoms with E-state index in [0.717, 1.165) is 25.8 Å². The lowest BCUT2D eigenvalue weighted by Crippen LogP contribution is -2.38. The van der Waals surface area contributed by atoms with Crippen LogP contribution in [-0.4, -0.2) is 30.1 Å². The van der Waals surface area contributed by atoms with E-state index in [1.54, 1.807) is 25.1 Å². The van der Waals surface area contributed by atoms with Crippen LogP contribution < -0.4 is 10.6 Å². The summed E-state index contributed by atoms with van der Waals surface area (Å²) in [6.07, 6.45) is 2.52. The summed E-state index contributed by atoms with van der Waals surface area (Å²) in [6, 6.07) is 5.14. The second kappa shape index (κ2) is 6.26. The Bertz CT molecular complexity index is 548. The molecule has 1 fully saturated rings. The van der Waals surface area contributed by atoms with Gasteiger partial charge < -0.3 is 15.7 Å². The van der Waals surface area contributed by atoms with Crippen LogP contribution in [0.1, 0.15) is 42.1 Å². The minimum Gasteiger partial charge on any atom is -0.478 e. The van der Waals surface area contributed by atoms with Gasteiger partial charge in [0.1, 0.15) is 0 Å². The zero-order valence-electron chi connectivity index (χ0n) is 12.5. The van der Waals surface area contributed by atoms with Crippen LogP contribution >= 0.6 is 0 Å². The van der Waals surface area contributed by atoms with Crippen molar-refractivity contribution < 1.29 is 14.7 Å². The first kappa shape index (κ1) is 15.5. The fourth-order valence-corrected chi connectivity index (χ4v) is 3.05. The standard InChI is InChI=1S/C16H22N2O3/c1-3-7-16(8-9-17-10-16)15(21)18-12-6-4-5-11(2)13(12)14(19)20/h4-6,17H,3,7-10H2,1-2H3,(H,18,21)(H,19,20). The number of aromatic carboxylic acids is 1. The lowest BCUT2D eigenvalue weighted by atomic mass is 9.81. The molecular formula is C16H22N2O3. The summed E-state index contributed by atoms with van der Waals surface area (Å²) in [5.41, 5.74) is 0.779. The number of hydrogen-bond donors (Lipinski definition) is 3. The van der Waals surface area contributed by atoms with Crippen molar-refractivity contribution in [3.63, 3.8) is 0 Å². The average Bonchev–Trinajstić information content (AvgIpc) is 2.88. The van der Waals surface area contributed by atoms with Crippen LogP contribution in [-0.2, 0) is 4.79 Å². The minimum absolute atomic E-state index is 0.0811. The maximum absolute atomic E-state index is 12.7. The Morgan fingerprint density at radius 2 is 2.19 bits per heavy atom. The van der Waals surface area contributed by atoms with Gasteiger partial charge in [0.15, 0.2) is 0 Å². The van der Waals surface area contributed by atoms with Crippen molar-refractivity contribution in [2.75, 3.05) is 18.4 Å². The molecular weight excluding hydrogens is 268 g/mol. The number of rotatable bonds is 5. The third-order valence-corrected chi connectivity index (χ3v) is 4.19. The van der Waals surface area contributed by atoms with Crippen molar-refractivity contribution in [1.82, 2.24) is 5.32 Å². The van der Waals surface area contributed by atoms with Gasteiger partial charge in [0.2, 0.25) is 5.91 Å². The number of carboxylic acid groups (broad SMARTS) is 1. The quantitative estimate of drug-likeness (QED) is 0.778. The van der Waals surface area contributed by atoms with E-state index >= 15 is 0 Å². The van der Waals surface area contributed by atoms with E-state index in [1.807, 2.05) is 0 Å². The van der Waals surface area contributed by atoms with Crippen LogP contribution in [0.25, 0.3) is 0 Å². The minimum atomic E-state index is -1.02. The van der Waals surface area contributed by atoms with Gasteiger partial charge in [0, 0.05) is 6.54 Å². The van der Waals surface area contributed by atoms with Crippen LogP contribution in [0.15, 0.2) is 18.2 Å². The van der Waals surface area contributed by atoms with Crippen LogP contribution in [0, 0.1) is 12.3 Å². The largest absolute Gasteiger partial charge is 0.478 e. The highest BCUT2D eigenvalue weighted by Gasteiger charge is 2.40. The summed E-state index contributed by atoms with van der Waals surface area (Å²) in [7, 11) is 0. The van der Waals surface area contributed by atoms with Crippen molar-refractivity contribution in [2.45, 2.75) is 33.1 Å². The molecule has 0 saturated carbocycles. The maximum Gasteiger partial charge on any atom is 0.338 e. The highest BCUT2D eigenvalue weighted by atomic mass is 16.4. The summed E-state index contributed by atoms with van der Waals surface area (Å²) in [5.74, 6) is -1.10. The number of carboxylic acids is 1. The van der Waals surface area contributed by atoms with Crippen LogP contribution in [0.3, 0.4) is 0 Å². The number of carbonyl (C=O) groups excluding carboxylic acids is 1. The first-order valence-corrected chi connectivity index (χ1v) is 7.35. The summed E-state index contributed by atoms with van der Waals surface area (Å²) >= 11 is 0. The molecule has 0 aliphatic carbocycles. The predicted octanol–water partition coefficient (Wildman–Crippen LogP) is 2.41. The predicted molar refractivity (Wildman–Crippen MR) is 81.6 cm³/mol. The van der Waals surface area contributed by atoms with Gasteiger partial charge in [-0.3, -0.25) is 4.79 Å². The number of benzene rings is 1. The molecule has 0 spiro atoms. The van der Waals surface area contributed by atoms with E-state index in [2.05, 4.69) is 17.6 Å². The number of aryl methyl sites for hydroxylation is 1. The number of anilines is 1. The molecule has 1 aromatic carbocycles. The monoisotopic (exact) mass is 290 g/mol. The Labute approximate surface area is 124 Å². The fraction of sp³-hybridized carbons (Fsp3) is 0.500. The second-order valence-corrected chi connectivity index (χ2v) is 5.71. The Morgan fingerprint density at radius 1 is 1.43 bits per heavy atom. The first-order chi connectivity index (χ1) is 10.00. The number of amides is 1. The molecule has 1 saturated heterocycles. The van der Waals surface area contributed by atoms with Crippen LogP contribution in [0.4, 0.5) is 5.69 Å². The SMILES string of the molecule is CCCC1(C(=O)Nc2cccc(C)c2C(=O)O)CCNC1. The molecule has 1 atom stereocenters. The Kier molecular flexibility index (Phi) is 4.63. The van der Waals surface area contributed by atoms with Gasteiger partial charge in [-0.1, -0.05) is 25.5 Å². The topological polar surface area (TPSA) is 78.4 Å². The molecule has 21 heavy (non-hydrogen) atoms. The molecule has 114 valence electrons. The summed E-state index contributed by atoms with van der Waals surface area (Å²) in [5, 5.41) is 15.4. The lowest BCUT2D eigenvalue weighted by molar-refractivity contribution is -0.125. The molecule has 3 N–H and O–H groups in total. The number of carbonyl (C=O) groups is 2. The molecule has 1 heterocycles. The number of nitrogens with one attached hydrogen (secondary N) is 2. The molecule has 5 nitrogen and oxygen atoms in total. The Balaban J connectivity index is 2.27. The highest BCUT2D eigenvalue weighted by molar-refractivity contribution is 6.03. The molecule has 1 aliphatic rings. The van der Waals surface area contributed by atoms with E-state index in [0.29, 0.717) is 17.8 Å². The van der Waals surface area contributed by atoms with E-state index in [1.165, 1.54) is 0 Å². The Morgan fingerprint density at radius 3 is 2.76 bits per heavy atom. The second-order valence-electron chi connectivity index (χ2n) is 5.71. The normalized spacial score (nSPS) is 21.2. The van der Waals surface area contributed by atoms with Crippen molar-refractivity contribution >= 4 is 17.6 Å². The third kappa shape index (κ3) is 3.08. The zero-order chi connectivity index (χ0) is 15.5. The fourth-order valence-electron chi connectivity index (χ4n) is 3.05. The summed E-state index contributed by atoms with van der Waals surface area (Å²) in [6.45, 7) is 5.27. The van der Waals surface area contributed by atoms with Crippen LogP contribution in [0.5, 0.6) is 0 Å². The molecule has 1 aliphatic heterocycles. The molecule has 0 aromatic heterocycles. The van der Waals surface area contributed by atoms with Crippen molar-refractivity contribution in [1.29, 1.82) is 0 Å². The molecule has 0 bridgehead atoms. The molecule has 1 unspecified atom stereocenters. The molecule has 2 rings (SSSR count). The van der Waals surface area contributed by atoms with Gasteiger partial charge in [-0.15, -0.1) is 0 Å². The van der Waals surface area contributed by atoms with Crippen molar-refractivity contribution in [3.05, 3.63) is 29.3 Å². The average molecular weight is 290 g/mol. The summed E-state index contributed by atoms with van der Waals surface area (Å²) in [4.78, 5) is 24.1. The van der Waals surface area contributed by atoms with Gasteiger partial charge in [-0.25, -0.2) is 4.79 Å². The van der Waals surface area contributed by atoms with E-state index in [-0.39, 0.29) is 11.5 Å². The Hall–Kier alpha value is -1.88. The zero-order valence-corrected chi connectivity index (χ0v) is 12.5. The van der Waals surface area contributed by atoms with E-state index in [4.69, 9.17) is 0 Å². The van der Waals surface area contributed by atoms with E-state index < -0.39 is 11.4 Å². The first-order valence-electron chi connectivity index (χ1n) is 7.35. The molecule has 5 heteroatoms. The van der Waals surface area contributed by atoms with Gasteiger partial charge >= 0.3 is 5.97 Å². The molecule has 0 radical (unpaired) electrons. The molecule has 1 amide bonds. The maximum atomic E-state index is 12.7. The van der Waals surface area contributed by atoms with Crippen molar-refractivity contribution in [3.8, 4) is 0 Å².